The van der Waals surface area contributed by atoms with Gasteiger partial charge in [0.2, 0.25) is 5.95 Å². The number of nitrogens with one attached hydrogen (secondary N) is 2. The Hall–Kier alpha value is -3.21. The lowest BCUT2D eigenvalue weighted by molar-refractivity contribution is 0.283. The first-order valence-corrected chi connectivity index (χ1v) is 9.17. The fourth-order valence-electron chi connectivity index (χ4n) is 2.75. The normalized spacial score (nSPS) is 15.5. The largest absolute Gasteiger partial charge is 0.485 e. The Kier molecular flexibility index (Phi) is 7.17. The summed E-state index contributed by atoms with van der Waals surface area (Å²) in [6.07, 6.45) is 7.27. The number of aliphatic imine (C=N–C) groups is 1. The van der Waals surface area contributed by atoms with Gasteiger partial charge in [-0.05, 0) is 25.9 Å². The second-order valence-corrected chi connectivity index (χ2v) is 6.48. The van der Waals surface area contributed by atoms with Crippen molar-refractivity contribution in [2.75, 3.05) is 18.4 Å². The number of rotatable bonds is 7. The van der Waals surface area contributed by atoms with Crippen molar-refractivity contribution in [3.8, 4) is 5.75 Å². The van der Waals surface area contributed by atoms with Gasteiger partial charge in [-0.2, -0.15) is 0 Å². The van der Waals surface area contributed by atoms with Crippen LogP contribution in [0.15, 0.2) is 35.3 Å². The molecule has 0 radical (unpaired) electrons. The number of nitrogens with zero attached hydrogens (tertiary/aromatic N) is 3. The van der Waals surface area contributed by atoms with Crippen LogP contribution in [-0.2, 0) is 6.61 Å². The summed E-state index contributed by atoms with van der Waals surface area (Å²) in [5.74, 6) is -5.81. The molecular weight excluding hydrogens is 404 g/mol. The van der Waals surface area contributed by atoms with E-state index in [2.05, 4.69) is 25.6 Å². The van der Waals surface area contributed by atoms with Crippen LogP contribution in [0.4, 0.5) is 23.5 Å². The second kappa shape index (κ2) is 10.0. The minimum atomic E-state index is -1.51. The van der Waals surface area contributed by atoms with E-state index in [1.54, 1.807) is 6.21 Å². The lowest BCUT2D eigenvalue weighted by atomic mass is 10.1. The van der Waals surface area contributed by atoms with E-state index >= 15 is 0 Å². The summed E-state index contributed by atoms with van der Waals surface area (Å²) in [5.41, 5.74) is 5.21. The highest BCUT2D eigenvalue weighted by Crippen LogP contribution is 2.21. The quantitative estimate of drug-likeness (QED) is 0.359. The molecule has 0 bridgehead atoms. The molecule has 1 aromatic carbocycles. The Morgan fingerprint density at radius 2 is 1.80 bits per heavy atom. The summed E-state index contributed by atoms with van der Waals surface area (Å²) >= 11 is 0. The minimum absolute atomic E-state index is 0.0469. The van der Waals surface area contributed by atoms with Crippen molar-refractivity contribution in [2.24, 2.45) is 10.7 Å². The van der Waals surface area contributed by atoms with Gasteiger partial charge in [0.25, 0.3) is 0 Å². The Balaban J connectivity index is 1.59. The van der Waals surface area contributed by atoms with Crippen molar-refractivity contribution in [1.82, 2.24) is 15.3 Å². The Morgan fingerprint density at radius 1 is 1.17 bits per heavy atom. The van der Waals surface area contributed by atoms with Gasteiger partial charge in [-0.25, -0.2) is 27.5 Å². The molecule has 30 heavy (non-hydrogen) atoms. The highest BCUT2D eigenvalue weighted by atomic mass is 19.2. The van der Waals surface area contributed by atoms with E-state index in [1.165, 1.54) is 18.6 Å². The third-order valence-electron chi connectivity index (χ3n) is 4.38. The first-order valence-electron chi connectivity index (χ1n) is 9.17. The number of benzene rings is 1. The first-order chi connectivity index (χ1) is 14.5. The Labute approximate surface area is 170 Å². The number of piperidine rings is 1. The predicted octanol–water partition coefficient (Wildman–Crippen LogP) is 2.65. The van der Waals surface area contributed by atoms with E-state index in [-0.39, 0.29) is 23.8 Å². The van der Waals surface area contributed by atoms with Gasteiger partial charge in [-0.3, -0.25) is 4.99 Å². The van der Waals surface area contributed by atoms with Gasteiger partial charge in [0, 0.05) is 18.5 Å². The molecule has 0 spiro atoms. The first kappa shape index (κ1) is 21.5. The van der Waals surface area contributed by atoms with Crippen LogP contribution < -0.4 is 21.1 Å². The number of halogens is 4. The van der Waals surface area contributed by atoms with Gasteiger partial charge in [0.05, 0.1) is 29.7 Å². The molecule has 0 unspecified atom stereocenters. The van der Waals surface area contributed by atoms with Gasteiger partial charge < -0.3 is 21.1 Å². The van der Waals surface area contributed by atoms with E-state index in [0.717, 1.165) is 25.9 Å². The topological polar surface area (TPSA) is 97.5 Å². The average Bonchev–Trinajstić information content (AvgIpc) is 2.77. The average molecular weight is 424 g/mol. The van der Waals surface area contributed by atoms with E-state index in [0.29, 0.717) is 5.70 Å². The molecule has 4 N–H and O–H groups in total. The molecule has 7 nitrogen and oxygen atoms in total. The lowest BCUT2D eigenvalue weighted by Crippen LogP contribution is -2.30. The summed E-state index contributed by atoms with van der Waals surface area (Å²) in [4.78, 5) is 12.5. The zero-order chi connectivity index (χ0) is 21.5. The minimum Gasteiger partial charge on any atom is -0.485 e. The van der Waals surface area contributed by atoms with Crippen molar-refractivity contribution < 1.29 is 22.3 Å². The Morgan fingerprint density at radius 3 is 2.40 bits per heavy atom. The number of allylic oxidation sites excluding steroid dienone is 1. The van der Waals surface area contributed by atoms with Crippen molar-refractivity contribution in [2.45, 2.75) is 25.5 Å². The molecule has 0 aliphatic carbocycles. The van der Waals surface area contributed by atoms with Gasteiger partial charge >= 0.3 is 0 Å². The molecule has 0 atom stereocenters. The number of aromatic nitrogens is 2. The highest BCUT2D eigenvalue weighted by molar-refractivity contribution is 5.82. The van der Waals surface area contributed by atoms with Crippen LogP contribution in [0.1, 0.15) is 18.4 Å². The second-order valence-electron chi connectivity index (χ2n) is 6.48. The van der Waals surface area contributed by atoms with Crippen LogP contribution in [0.5, 0.6) is 5.75 Å². The van der Waals surface area contributed by atoms with E-state index < -0.39 is 35.4 Å². The molecule has 160 valence electrons. The molecule has 1 saturated heterocycles. The molecule has 1 aromatic heterocycles. The Bertz CT molecular complexity index is 903. The third-order valence-corrected chi connectivity index (χ3v) is 4.38. The lowest BCUT2D eigenvalue weighted by Gasteiger charge is -2.18. The maximum absolute atomic E-state index is 13.7. The number of nitrogens with two attached hydrogens (primary N) is 1. The third kappa shape index (κ3) is 5.44. The summed E-state index contributed by atoms with van der Waals surface area (Å²) in [6, 6.07) is 0.350. The zero-order valence-electron chi connectivity index (χ0n) is 15.8. The predicted molar refractivity (Wildman–Crippen MR) is 103 cm³/mol. The van der Waals surface area contributed by atoms with Gasteiger partial charge in [0.15, 0.2) is 29.0 Å². The maximum atomic E-state index is 13.7. The zero-order valence-corrected chi connectivity index (χ0v) is 15.8. The van der Waals surface area contributed by atoms with Crippen LogP contribution in [-0.4, -0.2) is 35.3 Å². The maximum Gasteiger partial charge on any atom is 0.227 e. The van der Waals surface area contributed by atoms with Crippen molar-refractivity contribution in [1.29, 1.82) is 0 Å². The van der Waals surface area contributed by atoms with Crippen molar-refractivity contribution in [3.05, 3.63) is 59.2 Å². The van der Waals surface area contributed by atoms with Crippen molar-refractivity contribution >= 4 is 12.2 Å². The molecule has 1 aliphatic rings. The molecule has 1 aliphatic heterocycles. The van der Waals surface area contributed by atoms with Crippen LogP contribution >= 0.6 is 0 Å². The standard InChI is InChI=1S/C19H20F4N6O/c20-15-5-16(21)18(23)14(17(15)22)10-30-13-8-27-19(28-9-13)29-12(6-24)7-26-11-1-3-25-4-2-11/h5-9,11,25H,1-4,10,24H2,(H,27,28,29). The van der Waals surface area contributed by atoms with Crippen LogP contribution in [0, 0.1) is 23.3 Å². The molecule has 2 aromatic rings. The number of hydrogen-bond donors (Lipinski definition) is 3. The molecular formula is C19H20F4N6O. The molecule has 1 fully saturated rings. The summed E-state index contributed by atoms with van der Waals surface area (Å²) in [7, 11) is 0. The van der Waals surface area contributed by atoms with E-state index in [9.17, 15) is 17.6 Å². The number of anilines is 1. The summed E-state index contributed by atoms with van der Waals surface area (Å²) in [5, 5.41) is 6.13. The summed E-state index contributed by atoms with van der Waals surface area (Å²) in [6.45, 7) is 1.09. The van der Waals surface area contributed by atoms with Crippen molar-refractivity contribution in [3.63, 3.8) is 0 Å². The molecule has 0 saturated carbocycles. The molecule has 0 amide bonds. The monoisotopic (exact) mass is 424 g/mol. The molecule has 11 heteroatoms. The SMILES string of the molecule is NC=C(C=NC1CCNCC1)Nc1ncc(OCc2c(F)c(F)cc(F)c2F)cn1. The van der Waals surface area contributed by atoms with Gasteiger partial charge in [-0.1, -0.05) is 0 Å². The fourth-order valence-corrected chi connectivity index (χ4v) is 2.75. The van der Waals surface area contributed by atoms with Crippen LogP contribution in [0.2, 0.25) is 0 Å². The number of ether oxygens (including phenoxy) is 1. The smallest absolute Gasteiger partial charge is 0.227 e. The van der Waals surface area contributed by atoms with E-state index in [1.807, 2.05) is 0 Å². The highest BCUT2D eigenvalue weighted by Gasteiger charge is 2.19. The van der Waals surface area contributed by atoms with Crippen LogP contribution in [0.3, 0.4) is 0 Å². The fraction of sp³-hybridized carbons (Fsp3) is 0.316. The number of hydrogen-bond acceptors (Lipinski definition) is 7. The van der Waals surface area contributed by atoms with Crippen LogP contribution in [0.25, 0.3) is 0 Å². The molecule has 3 rings (SSSR count). The van der Waals surface area contributed by atoms with Gasteiger partial charge in [-0.15, -0.1) is 0 Å². The molecule has 2 heterocycles. The van der Waals surface area contributed by atoms with Gasteiger partial charge in [0.1, 0.15) is 6.61 Å². The summed E-state index contributed by atoms with van der Waals surface area (Å²) < 4.78 is 58.9. The van der Waals surface area contributed by atoms with E-state index in [4.69, 9.17) is 10.5 Å².